The zero-order valence-corrected chi connectivity index (χ0v) is 25.2. The van der Waals surface area contributed by atoms with Gasteiger partial charge >= 0.3 is 0 Å². The van der Waals surface area contributed by atoms with Crippen LogP contribution in [0.15, 0.2) is 72.5 Å². The van der Waals surface area contributed by atoms with E-state index in [4.69, 9.17) is 9.97 Å². The van der Waals surface area contributed by atoms with Crippen molar-refractivity contribution < 1.29 is 4.73 Å². The lowest BCUT2D eigenvalue weighted by atomic mass is 9.84. The Morgan fingerprint density at radius 2 is 1.91 bits per heavy atom. The standard InChI is InChI=1S/C34H35N9O/c1-4-6-14-31-36-29-19-28(30-13-9-10-17-43(30)44)32(23(5-2)20-35)37-34(29)42(31)21-25-16-15-24(18-22(25)3)26-11-7-8-12-27(26)33-38-40-41-39-33/h7-13,15-17,19,22-23H,4-6,14,18,21H2,1-3H3,(H,38,39,40,41). The number of pyridine rings is 2. The molecule has 4 heterocycles. The number of H-pyrrole nitrogens is 1. The third-order valence-corrected chi connectivity index (χ3v) is 8.43. The van der Waals surface area contributed by atoms with Gasteiger partial charge < -0.3 is 9.77 Å². The van der Waals surface area contributed by atoms with Gasteiger partial charge in [-0.05, 0) is 59.2 Å². The second-order valence-electron chi connectivity index (χ2n) is 11.3. The number of allylic oxidation sites excluding steroid dienone is 4. The largest absolute Gasteiger partial charge is 0.618 e. The Labute approximate surface area is 256 Å². The molecule has 0 saturated carbocycles. The van der Waals surface area contributed by atoms with Gasteiger partial charge in [-0.15, -0.1) is 10.2 Å². The summed E-state index contributed by atoms with van der Waals surface area (Å²) in [6.45, 7) is 7.05. The number of unbranched alkanes of at least 4 members (excludes halogenated alkanes) is 1. The Kier molecular flexibility index (Phi) is 8.28. The quantitative estimate of drug-likeness (QED) is 0.150. The van der Waals surface area contributed by atoms with Crippen molar-refractivity contribution in [3.05, 3.63) is 94.7 Å². The summed E-state index contributed by atoms with van der Waals surface area (Å²) in [7, 11) is 0. The van der Waals surface area contributed by atoms with Gasteiger partial charge in [-0.25, -0.2) is 9.97 Å². The first-order valence-corrected chi connectivity index (χ1v) is 15.2. The maximum Gasteiger partial charge on any atom is 0.225 e. The van der Waals surface area contributed by atoms with E-state index >= 15 is 0 Å². The summed E-state index contributed by atoms with van der Waals surface area (Å²) < 4.78 is 3.05. The van der Waals surface area contributed by atoms with E-state index in [1.807, 2.05) is 37.3 Å². The van der Waals surface area contributed by atoms with E-state index in [0.29, 0.717) is 35.7 Å². The van der Waals surface area contributed by atoms with Crippen LogP contribution in [0.4, 0.5) is 0 Å². The zero-order valence-electron chi connectivity index (χ0n) is 25.2. The molecule has 1 aliphatic carbocycles. The minimum atomic E-state index is -0.449. The first-order chi connectivity index (χ1) is 21.5. The normalized spacial score (nSPS) is 15.5. The topological polar surface area (TPSA) is 136 Å². The van der Waals surface area contributed by atoms with Gasteiger partial charge in [0, 0.05) is 30.7 Å². The molecule has 6 rings (SSSR count). The number of hydrogen-bond acceptors (Lipinski definition) is 7. The van der Waals surface area contributed by atoms with E-state index in [1.54, 1.807) is 12.1 Å². The molecule has 0 bridgehead atoms. The molecule has 2 unspecified atom stereocenters. The van der Waals surface area contributed by atoms with Crippen LogP contribution in [0.3, 0.4) is 0 Å². The second kappa shape index (κ2) is 12.6. The molecule has 10 nitrogen and oxygen atoms in total. The third-order valence-electron chi connectivity index (χ3n) is 8.43. The Hall–Kier alpha value is -5.17. The molecule has 2 atom stereocenters. The monoisotopic (exact) mass is 585 g/mol. The molecule has 10 heteroatoms. The number of benzene rings is 1. The Bertz CT molecular complexity index is 1900. The summed E-state index contributed by atoms with van der Waals surface area (Å²) >= 11 is 0. The number of rotatable bonds is 10. The summed E-state index contributed by atoms with van der Waals surface area (Å²) in [4.78, 5) is 10.2. The molecular weight excluding hydrogens is 550 g/mol. The van der Waals surface area contributed by atoms with Crippen LogP contribution in [-0.2, 0) is 13.0 Å². The van der Waals surface area contributed by atoms with E-state index in [1.165, 1.54) is 17.3 Å². The fraction of sp³-hybridized carbons (Fsp3) is 0.324. The SMILES string of the molecule is CCCCc1nc2cc(-c3cccc[n+]3[O-])c(C(C#N)CC)nc2n1CC1=CC=C(c2ccccc2-c2nn[nH]n2)CC1C. The molecule has 0 saturated heterocycles. The average Bonchev–Trinajstić information content (AvgIpc) is 3.70. The minimum Gasteiger partial charge on any atom is -0.618 e. The summed E-state index contributed by atoms with van der Waals surface area (Å²) in [5.41, 5.74) is 7.79. The molecule has 0 amide bonds. The van der Waals surface area contributed by atoms with Crippen LogP contribution in [-0.4, -0.2) is 35.2 Å². The Morgan fingerprint density at radius 1 is 1.09 bits per heavy atom. The lowest BCUT2D eigenvalue weighted by Crippen LogP contribution is -2.28. The van der Waals surface area contributed by atoms with Crippen molar-refractivity contribution >= 4 is 16.7 Å². The maximum atomic E-state index is 12.8. The van der Waals surface area contributed by atoms with Gasteiger partial charge in [-0.1, -0.05) is 63.6 Å². The number of aromatic nitrogens is 8. The number of nitrogens with one attached hydrogen (secondary N) is 1. The first-order valence-electron chi connectivity index (χ1n) is 15.2. The van der Waals surface area contributed by atoms with Gasteiger partial charge in [0.05, 0.1) is 23.2 Å². The highest BCUT2D eigenvalue weighted by molar-refractivity contribution is 5.81. The van der Waals surface area contributed by atoms with Gasteiger partial charge in [0.1, 0.15) is 11.3 Å². The molecule has 5 aromatic rings. The fourth-order valence-electron chi connectivity index (χ4n) is 5.98. The molecule has 1 aliphatic rings. The number of aromatic amines is 1. The first kappa shape index (κ1) is 28.9. The van der Waals surface area contributed by atoms with E-state index < -0.39 is 5.92 Å². The van der Waals surface area contributed by atoms with Crippen LogP contribution >= 0.6 is 0 Å². The fourth-order valence-corrected chi connectivity index (χ4v) is 5.98. The lowest BCUT2D eigenvalue weighted by molar-refractivity contribution is -0.593. The van der Waals surface area contributed by atoms with Gasteiger partial charge in [-0.2, -0.15) is 15.2 Å². The molecule has 222 valence electrons. The number of imidazole rings is 1. The predicted molar refractivity (Wildman–Crippen MR) is 169 cm³/mol. The predicted octanol–water partition coefficient (Wildman–Crippen LogP) is 6.32. The van der Waals surface area contributed by atoms with Gasteiger partial charge in [0.2, 0.25) is 11.5 Å². The van der Waals surface area contributed by atoms with Crippen molar-refractivity contribution in [2.75, 3.05) is 0 Å². The molecule has 0 radical (unpaired) electrons. The highest BCUT2D eigenvalue weighted by Crippen LogP contribution is 2.37. The summed E-state index contributed by atoms with van der Waals surface area (Å²) in [6, 6.07) is 17.8. The van der Waals surface area contributed by atoms with Gasteiger partial charge in [-0.3, -0.25) is 0 Å². The van der Waals surface area contributed by atoms with Crippen LogP contribution < -0.4 is 4.73 Å². The van der Waals surface area contributed by atoms with Crippen molar-refractivity contribution in [1.29, 1.82) is 5.26 Å². The molecule has 44 heavy (non-hydrogen) atoms. The number of hydrogen-bond donors (Lipinski definition) is 1. The van der Waals surface area contributed by atoms with E-state index in [0.717, 1.165) is 58.5 Å². The van der Waals surface area contributed by atoms with Crippen LogP contribution in [0.5, 0.6) is 0 Å². The highest BCUT2D eigenvalue weighted by Gasteiger charge is 2.26. The van der Waals surface area contributed by atoms with Crippen LogP contribution in [0.2, 0.25) is 0 Å². The van der Waals surface area contributed by atoms with Crippen molar-refractivity contribution in [3.8, 4) is 28.7 Å². The number of fused-ring (bicyclic) bond motifs is 1. The van der Waals surface area contributed by atoms with Crippen LogP contribution in [0.1, 0.15) is 69.5 Å². The number of tetrazole rings is 1. The molecule has 0 spiro atoms. The molecule has 1 aromatic carbocycles. The maximum absolute atomic E-state index is 12.8. The zero-order chi connectivity index (χ0) is 30.6. The van der Waals surface area contributed by atoms with E-state index in [9.17, 15) is 10.5 Å². The summed E-state index contributed by atoms with van der Waals surface area (Å²) in [5, 5.41) is 37.6. The third kappa shape index (κ3) is 5.49. The Morgan fingerprint density at radius 3 is 2.61 bits per heavy atom. The number of nitrogens with zero attached hydrogens (tertiary/aromatic N) is 8. The van der Waals surface area contributed by atoms with Crippen molar-refractivity contribution in [2.24, 2.45) is 5.92 Å². The van der Waals surface area contributed by atoms with Crippen molar-refractivity contribution in [1.82, 2.24) is 35.2 Å². The van der Waals surface area contributed by atoms with Gasteiger partial charge in [0.25, 0.3) is 0 Å². The van der Waals surface area contributed by atoms with E-state index in [-0.39, 0.29) is 5.92 Å². The highest BCUT2D eigenvalue weighted by atomic mass is 16.5. The smallest absolute Gasteiger partial charge is 0.225 e. The van der Waals surface area contributed by atoms with Gasteiger partial charge in [0.15, 0.2) is 11.8 Å². The van der Waals surface area contributed by atoms with E-state index in [2.05, 4.69) is 63.3 Å². The molecule has 4 aromatic heterocycles. The van der Waals surface area contributed by atoms with Crippen LogP contribution in [0.25, 0.3) is 39.4 Å². The number of aryl methyl sites for hydroxylation is 1. The lowest BCUT2D eigenvalue weighted by Gasteiger charge is -2.24. The van der Waals surface area contributed by atoms with Crippen molar-refractivity contribution in [3.63, 3.8) is 0 Å². The number of nitriles is 1. The molecule has 0 fully saturated rings. The second-order valence-corrected chi connectivity index (χ2v) is 11.3. The molecule has 0 aliphatic heterocycles. The molecule has 1 N–H and O–H groups in total. The minimum absolute atomic E-state index is 0.273. The summed E-state index contributed by atoms with van der Waals surface area (Å²) in [6.07, 6.45) is 10.2. The summed E-state index contributed by atoms with van der Waals surface area (Å²) in [5.74, 6) is 1.37. The Balaban J connectivity index is 1.44. The van der Waals surface area contributed by atoms with Crippen LogP contribution in [0, 0.1) is 22.5 Å². The average molecular weight is 586 g/mol. The molecular formula is C34H35N9O. The van der Waals surface area contributed by atoms with Crippen molar-refractivity contribution in [2.45, 2.75) is 65.3 Å².